The standard InChI is InChI=1S/C19H23FN4O/c20-17-6-2-1-5-16(17)8-10-22-19(25)23-14-15-7-9-21-18(13-15)24-11-3-4-12-24/h1-2,5-7,9,13H,3-4,8,10-12,14H2,(H2,22,23,25). The van der Waals surface area contributed by atoms with Crippen molar-refractivity contribution in [2.75, 3.05) is 24.5 Å². The predicted octanol–water partition coefficient (Wildman–Crippen LogP) is 2.86. The molecule has 1 aliphatic heterocycles. The third-order valence-corrected chi connectivity index (χ3v) is 4.33. The van der Waals surface area contributed by atoms with Crippen molar-refractivity contribution in [3.8, 4) is 0 Å². The Kier molecular flexibility index (Phi) is 5.82. The summed E-state index contributed by atoms with van der Waals surface area (Å²) in [6, 6.07) is 10.3. The number of carbonyl (C=O) groups excluding carboxylic acids is 1. The van der Waals surface area contributed by atoms with E-state index in [1.165, 1.54) is 18.9 Å². The Morgan fingerprint density at radius 1 is 1.16 bits per heavy atom. The fourth-order valence-electron chi connectivity index (χ4n) is 2.95. The van der Waals surface area contributed by atoms with Crippen LogP contribution in [0.15, 0.2) is 42.6 Å². The summed E-state index contributed by atoms with van der Waals surface area (Å²) in [6.07, 6.45) is 4.65. The molecule has 2 N–H and O–H groups in total. The molecule has 6 heteroatoms. The van der Waals surface area contributed by atoms with Gasteiger partial charge in [-0.3, -0.25) is 0 Å². The van der Waals surface area contributed by atoms with E-state index in [1.807, 2.05) is 12.1 Å². The van der Waals surface area contributed by atoms with Gasteiger partial charge in [0.25, 0.3) is 0 Å². The zero-order valence-corrected chi connectivity index (χ0v) is 14.2. The first-order chi connectivity index (χ1) is 12.2. The van der Waals surface area contributed by atoms with Crippen molar-refractivity contribution in [1.29, 1.82) is 0 Å². The van der Waals surface area contributed by atoms with Gasteiger partial charge in [-0.1, -0.05) is 18.2 Å². The van der Waals surface area contributed by atoms with Gasteiger partial charge in [-0.2, -0.15) is 0 Å². The van der Waals surface area contributed by atoms with Crippen molar-refractivity contribution < 1.29 is 9.18 Å². The minimum Gasteiger partial charge on any atom is -0.357 e. The van der Waals surface area contributed by atoms with E-state index in [2.05, 4.69) is 20.5 Å². The lowest BCUT2D eigenvalue weighted by molar-refractivity contribution is 0.240. The highest BCUT2D eigenvalue weighted by molar-refractivity contribution is 5.73. The number of amides is 2. The summed E-state index contributed by atoms with van der Waals surface area (Å²) in [4.78, 5) is 18.6. The van der Waals surface area contributed by atoms with Crippen LogP contribution in [0.1, 0.15) is 24.0 Å². The zero-order chi connectivity index (χ0) is 17.5. The number of nitrogens with zero attached hydrogens (tertiary/aromatic N) is 2. The van der Waals surface area contributed by atoms with E-state index < -0.39 is 0 Å². The van der Waals surface area contributed by atoms with Crippen molar-refractivity contribution in [2.45, 2.75) is 25.8 Å². The lowest BCUT2D eigenvalue weighted by atomic mass is 10.1. The number of pyridine rings is 1. The minimum absolute atomic E-state index is 0.240. The SMILES string of the molecule is O=C(NCCc1ccccc1F)NCc1ccnc(N2CCCC2)c1. The average Bonchev–Trinajstić information content (AvgIpc) is 3.17. The molecule has 1 aromatic carbocycles. The van der Waals surface area contributed by atoms with Gasteiger partial charge in [-0.05, 0) is 48.6 Å². The van der Waals surface area contributed by atoms with Crippen LogP contribution in [0.5, 0.6) is 0 Å². The molecule has 25 heavy (non-hydrogen) atoms. The average molecular weight is 342 g/mol. The second-order valence-electron chi connectivity index (χ2n) is 6.17. The van der Waals surface area contributed by atoms with Crippen LogP contribution in [0.3, 0.4) is 0 Å². The highest BCUT2D eigenvalue weighted by Crippen LogP contribution is 2.18. The third kappa shape index (κ3) is 4.92. The lowest BCUT2D eigenvalue weighted by Crippen LogP contribution is -2.36. The number of benzene rings is 1. The van der Waals surface area contributed by atoms with Gasteiger partial charge in [0, 0.05) is 32.4 Å². The van der Waals surface area contributed by atoms with Crippen LogP contribution >= 0.6 is 0 Å². The molecule has 0 saturated carbocycles. The van der Waals surface area contributed by atoms with Gasteiger partial charge in [0.05, 0.1) is 0 Å². The van der Waals surface area contributed by atoms with Crippen LogP contribution in [-0.4, -0.2) is 30.6 Å². The Labute approximate surface area is 147 Å². The van der Waals surface area contributed by atoms with Gasteiger partial charge in [0.1, 0.15) is 11.6 Å². The van der Waals surface area contributed by atoms with E-state index in [0.717, 1.165) is 24.5 Å². The maximum Gasteiger partial charge on any atom is 0.315 e. The molecule has 132 valence electrons. The topological polar surface area (TPSA) is 57.3 Å². The number of aromatic nitrogens is 1. The van der Waals surface area contributed by atoms with Gasteiger partial charge < -0.3 is 15.5 Å². The first-order valence-corrected chi connectivity index (χ1v) is 8.67. The molecule has 2 aromatic rings. The number of hydrogen-bond acceptors (Lipinski definition) is 3. The largest absolute Gasteiger partial charge is 0.357 e. The Morgan fingerprint density at radius 2 is 1.96 bits per heavy atom. The van der Waals surface area contributed by atoms with E-state index in [1.54, 1.807) is 24.4 Å². The zero-order valence-electron chi connectivity index (χ0n) is 14.2. The van der Waals surface area contributed by atoms with E-state index in [0.29, 0.717) is 25.1 Å². The second-order valence-corrected chi connectivity index (χ2v) is 6.17. The van der Waals surface area contributed by atoms with Crippen LogP contribution in [-0.2, 0) is 13.0 Å². The van der Waals surface area contributed by atoms with Crippen LogP contribution in [0.25, 0.3) is 0 Å². The summed E-state index contributed by atoms with van der Waals surface area (Å²) in [5.74, 6) is 0.729. The summed E-state index contributed by atoms with van der Waals surface area (Å²) in [7, 11) is 0. The van der Waals surface area contributed by atoms with E-state index in [9.17, 15) is 9.18 Å². The number of hydrogen-bond donors (Lipinski definition) is 2. The highest BCUT2D eigenvalue weighted by Gasteiger charge is 2.13. The van der Waals surface area contributed by atoms with Crippen molar-refractivity contribution >= 4 is 11.8 Å². The Hall–Kier alpha value is -2.63. The molecular formula is C19H23FN4O. The fraction of sp³-hybridized carbons (Fsp3) is 0.368. The normalized spacial score (nSPS) is 13.7. The molecule has 3 rings (SSSR count). The summed E-state index contributed by atoms with van der Waals surface area (Å²) in [5.41, 5.74) is 1.62. The maximum atomic E-state index is 13.5. The molecule has 0 radical (unpaired) electrons. The predicted molar refractivity (Wildman–Crippen MR) is 96.0 cm³/mol. The van der Waals surface area contributed by atoms with E-state index in [4.69, 9.17) is 0 Å². The third-order valence-electron chi connectivity index (χ3n) is 4.33. The van der Waals surface area contributed by atoms with Crippen molar-refractivity contribution in [3.63, 3.8) is 0 Å². The number of nitrogens with one attached hydrogen (secondary N) is 2. The Bertz CT molecular complexity index is 716. The molecule has 0 bridgehead atoms. The monoisotopic (exact) mass is 342 g/mol. The molecule has 0 spiro atoms. The fourth-order valence-corrected chi connectivity index (χ4v) is 2.95. The Morgan fingerprint density at radius 3 is 2.76 bits per heavy atom. The molecule has 1 fully saturated rings. The quantitative estimate of drug-likeness (QED) is 0.849. The van der Waals surface area contributed by atoms with Crippen molar-refractivity contribution in [3.05, 3.63) is 59.5 Å². The number of urea groups is 1. The lowest BCUT2D eigenvalue weighted by Gasteiger charge is -2.17. The Balaban J connectivity index is 1.43. The molecule has 1 aromatic heterocycles. The number of halogens is 1. The maximum absolute atomic E-state index is 13.5. The smallest absolute Gasteiger partial charge is 0.315 e. The second kappa shape index (κ2) is 8.46. The summed E-state index contributed by atoms with van der Waals surface area (Å²) < 4.78 is 13.5. The minimum atomic E-state index is -0.254. The molecule has 2 amide bonds. The van der Waals surface area contributed by atoms with Crippen LogP contribution in [0.2, 0.25) is 0 Å². The molecule has 0 unspecified atom stereocenters. The van der Waals surface area contributed by atoms with Crippen molar-refractivity contribution in [2.24, 2.45) is 0 Å². The molecule has 2 heterocycles. The van der Waals surface area contributed by atoms with Crippen molar-refractivity contribution in [1.82, 2.24) is 15.6 Å². The van der Waals surface area contributed by atoms with Gasteiger partial charge in [0.15, 0.2) is 0 Å². The van der Waals surface area contributed by atoms with E-state index in [-0.39, 0.29) is 11.8 Å². The molecule has 1 saturated heterocycles. The number of rotatable bonds is 6. The first kappa shape index (κ1) is 17.2. The number of carbonyl (C=O) groups is 1. The van der Waals surface area contributed by atoms with Gasteiger partial charge in [-0.25, -0.2) is 14.2 Å². The summed E-state index contributed by atoms with van der Waals surface area (Å²) in [6.45, 7) is 2.91. The summed E-state index contributed by atoms with van der Waals surface area (Å²) in [5, 5.41) is 5.58. The molecule has 0 atom stereocenters. The molecular weight excluding hydrogens is 319 g/mol. The van der Waals surface area contributed by atoms with E-state index >= 15 is 0 Å². The summed E-state index contributed by atoms with van der Waals surface area (Å²) >= 11 is 0. The highest BCUT2D eigenvalue weighted by atomic mass is 19.1. The van der Waals surface area contributed by atoms with Gasteiger partial charge >= 0.3 is 6.03 Å². The van der Waals surface area contributed by atoms with Crippen LogP contribution < -0.4 is 15.5 Å². The molecule has 1 aliphatic rings. The first-order valence-electron chi connectivity index (χ1n) is 8.67. The van der Waals surface area contributed by atoms with Crippen LogP contribution in [0.4, 0.5) is 15.0 Å². The molecule has 5 nitrogen and oxygen atoms in total. The van der Waals surface area contributed by atoms with Gasteiger partial charge in [0.2, 0.25) is 0 Å². The van der Waals surface area contributed by atoms with Crippen LogP contribution in [0, 0.1) is 5.82 Å². The number of anilines is 1. The van der Waals surface area contributed by atoms with Gasteiger partial charge in [-0.15, -0.1) is 0 Å². The molecule has 0 aliphatic carbocycles.